The third kappa shape index (κ3) is 2.72. The fourth-order valence-corrected chi connectivity index (χ4v) is 3.47. The third-order valence-electron chi connectivity index (χ3n) is 4.91. The van der Waals surface area contributed by atoms with Crippen LogP contribution in [-0.4, -0.2) is 36.7 Å². The van der Waals surface area contributed by atoms with Crippen molar-refractivity contribution >= 4 is 44.7 Å². The van der Waals surface area contributed by atoms with Crippen molar-refractivity contribution in [2.75, 3.05) is 20.7 Å². The second-order valence-corrected chi connectivity index (χ2v) is 7.09. The molecule has 0 N–H and O–H groups in total. The van der Waals surface area contributed by atoms with Crippen molar-refractivity contribution in [3.05, 3.63) is 65.9 Å². The first kappa shape index (κ1) is 16.6. The lowest BCUT2D eigenvalue weighted by Gasteiger charge is -2.20. The van der Waals surface area contributed by atoms with Gasteiger partial charge < -0.3 is 14.4 Å². The Morgan fingerprint density at radius 3 is 2.54 bits per heavy atom. The number of hydrogen-bond acceptors (Lipinski definition) is 4. The summed E-state index contributed by atoms with van der Waals surface area (Å²) in [7, 11) is 3.29. The molecule has 0 spiro atoms. The Balaban J connectivity index is 1.69. The van der Waals surface area contributed by atoms with Crippen molar-refractivity contribution in [2.45, 2.75) is 0 Å². The summed E-state index contributed by atoms with van der Waals surface area (Å²) in [6.45, 7) is 0.219. The van der Waals surface area contributed by atoms with E-state index in [0.717, 1.165) is 38.5 Å². The molecule has 5 heteroatoms. The molecule has 0 saturated heterocycles. The van der Waals surface area contributed by atoms with Crippen molar-refractivity contribution in [2.24, 2.45) is 0 Å². The zero-order valence-electron chi connectivity index (χ0n) is 15.6. The van der Waals surface area contributed by atoms with Gasteiger partial charge in [0.15, 0.2) is 0 Å². The smallest absolute Gasteiger partial charge is 0.414 e. The number of amides is 1. The van der Waals surface area contributed by atoms with Gasteiger partial charge in [-0.15, -0.1) is 0 Å². The maximum atomic E-state index is 11.9. The van der Waals surface area contributed by atoms with Crippen LogP contribution in [0.4, 0.5) is 4.79 Å². The summed E-state index contributed by atoms with van der Waals surface area (Å²) in [5, 5.41) is 4.45. The van der Waals surface area contributed by atoms with E-state index < -0.39 is 6.09 Å². The quantitative estimate of drug-likeness (QED) is 0.444. The van der Waals surface area contributed by atoms with E-state index in [2.05, 4.69) is 30.3 Å². The van der Waals surface area contributed by atoms with Crippen LogP contribution in [0.1, 0.15) is 5.56 Å². The molecule has 0 radical (unpaired) electrons. The lowest BCUT2D eigenvalue weighted by molar-refractivity contribution is 0.135. The molecule has 1 aromatic heterocycles. The molecule has 138 valence electrons. The maximum Gasteiger partial charge on any atom is 0.414 e. The van der Waals surface area contributed by atoms with E-state index in [9.17, 15) is 4.79 Å². The lowest BCUT2D eigenvalue weighted by atomic mass is 10.0. The van der Waals surface area contributed by atoms with E-state index in [0.29, 0.717) is 5.76 Å². The van der Waals surface area contributed by atoms with Gasteiger partial charge in [-0.25, -0.2) is 9.78 Å². The second-order valence-electron chi connectivity index (χ2n) is 7.09. The first-order valence-corrected chi connectivity index (χ1v) is 9.07. The molecule has 0 fully saturated rings. The molecular weight excluding hydrogens is 352 g/mol. The van der Waals surface area contributed by atoms with Gasteiger partial charge in [0.2, 0.25) is 0 Å². The van der Waals surface area contributed by atoms with Gasteiger partial charge in [0.05, 0.1) is 11.0 Å². The molecule has 0 aliphatic carbocycles. The fraction of sp³-hybridized carbons (Fsp3) is 0.130. The molecule has 0 atom stereocenters. The molecule has 4 aromatic rings. The highest BCUT2D eigenvalue weighted by Gasteiger charge is 2.19. The summed E-state index contributed by atoms with van der Waals surface area (Å²) in [6.07, 6.45) is 1.42. The second kappa shape index (κ2) is 6.23. The predicted molar refractivity (Wildman–Crippen MR) is 110 cm³/mol. The molecule has 28 heavy (non-hydrogen) atoms. The van der Waals surface area contributed by atoms with Crippen LogP contribution in [0.15, 0.2) is 60.4 Å². The van der Waals surface area contributed by atoms with Crippen LogP contribution in [0.3, 0.4) is 0 Å². The highest BCUT2D eigenvalue weighted by atomic mass is 16.6. The van der Waals surface area contributed by atoms with Crippen LogP contribution in [-0.2, 0) is 4.74 Å². The molecule has 1 aliphatic heterocycles. The minimum atomic E-state index is -0.427. The normalized spacial score (nSPS) is 13.1. The zero-order chi connectivity index (χ0) is 19.3. The highest BCUT2D eigenvalue weighted by molar-refractivity contribution is 6.03. The van der Waals surface area contributed by atoms with Gasteiger partial charge in [0, 0.05) is 30.4 Å². The average Bonchev–Trinajstić information content (AvgIpc) is 2.70. The van der Waals surface area contributed by atoms with E-state index >= 15 is 0 Å². The molecule has 1 amide bonds. The van der Waals surface area contributed by atoms with Crippen molar-refractivity contribution in [1.82, 2.24) is 9.88 Å². The summed E-state index contributed by atoms with van der Waals surface area (Å²) in [4.78, 5) is 18.2. The number of pyridine rings is 1. The number of aromatic nitrogens is 1. The lowest BCUT2D eigenvalue weighted by Crippen LogP contribution is -2.24. The summed E-state index contributed by atoms with van der Waals surface area (Å²) in [6, 6.07) is 18.6. The molecule has 3 aromatic carbocycles. The topological polar surface area (TPSA) is 51.7 Å². The third-order valence-corrected chi connectivity index (χ3v) is 4.91. The van der Waals surface area contributed by atoms with Crippen molar-refractivity contribution in [1.29, 1.82) is 0 Å². The van der Waals surface area contributed by atoms with Gasteiger partial charge in [-0.1, -0.05) is 24.3 Å². The number of carbonyl (C=O) groups excluding carboxylic acids is 1. The largest absolute Gasteiger partial charge is 0.485 e. The van der Waals surface area contributed by atoms with Crippen LogP contribution in [0.5, 0.6) is 5.75 Å². The van der Waals surface area contributed by atoms with Gasteiger partial charge in [0.25, 0.3) is 0 Å². The standard InChI is InChI=1S/C23H18N2O3/c1-25(2)23(26)28-18-12-19-21(27-13-18)8-7-16-10-17-9-14-5-3-4-6-15(14)11-20(17)24-22(16)19/h3-12H,13H2,1-2H3. The number of fused-ring (bicyclic) bond motifs is 5. The van der Waals surface area contributed by atoms with E-state index in [4.69, 9.17) is 14.5 Å². The highest BCUT2D eigenvalue weighted by Crippen LogP contribution is 2.34. The number of ether oxygens (including phenoxy) is 2. The van der Waals surface area contributed by atoms with Gasteiger partial charge in [-0.2, -0.15) is 0 Å². The number of hydrogen-bond donors (Lipinski definition) is 0. The number of benzene rings is 3. The molecule has 5 nitrogen and oxygen atoms in total. The Hall–Kier alpha value is -3.60. The SMILES string of the molecule is CN(C)C(=O)OC1=Cc2c(ccc3cc4cc5ccccc5cc4nc23)OC1. The van der Waals surface area contributed by atoms with Gasteiger partial charge >= 0.3 is 6.09 Å². The molecule has 0 unspecified atom stereocenters. The fourth-order valence-electron chi connectivity index (χ4n) is 3.47. The molecule has 0 bridgehead atoms. The summed E-state index contributed by atoms with van der Waals surface area (Å²) in [5.74, 6) is 1.21. The van der Waals surface area contributed by atoms with E-state index in [1.54, 1.807) is 14.1 Å². The van der Waals surface area contributed by atoms with Crippen molar-refractivity contribution in [3.8, 4) is 5.75 Å². The Morgan fingerprint density at radius 1 is 1.00 bits per heavy atom. The minimum absolute atomic E-state index is 0.219. The van der Waals surface area contributed by atoms with Gasteiger partial charge in [0.1, 0.15) is 18.1 Å². The number of rotatable bonds is 1. The summed E-state index contributed by atoms with van der Waals surface area (Å²) >= 11 is 0. The number of carbonyl (C=O) groups is 1. The molecule has 5 rings (SSSR count). The van der Waals surface area contributed by atoms with Crippen LogP contribution < -0.4 is 4.74 Å². The molecule has 1 aliphatic rings. The van der Waals surface area contributed by atoms with E-state index in [1.165, 1.54) is 10.3 Å². The minimum Gasteiger partial charge on any atom is -0.485 e. The summed E-state index contributed by atoms with van der Waals surface area (Å²) in [5.41, 5.74) is 2.59. The van der Waals surface area contributed by atoms with Gasteiger partial charge in [-0.3, -0.25) is 0 Å². The Bertz CT molecular complexity index is 1290. The molecular formula is C23H18N2O3. The van der Waals surface area contributed by atoms with Gasteiger partial charge in [-0.05, 0) is 47.2 Å². The molecule has 2 heterocycles. The van der Waals surface area contributed by atoms with Crippen LogP contribution in [0.2, 0.25) is 0 Å². The Morgan fingerprint density at radius 2 is 1.75 bits per heavy atom. The molecule has 0 saturated carbocycles. The first-order valence-electron chi connectivity index (χ1n) is 9.07. The first-order chi connectivity index (χ1) is 13.6. The zero-order valence-corrected chi connectivity index (χ0v) is 15.6. The van der Waals surface area contributed by atoms with E-state index in [1.807, 2.05) is 30.3 Å². The Kier molecular flexibility index (Phi) is 3.69. The predicted octanol–water partition coefficient (Wildman–Crippen LogP) is 4.97. The number of nitrogens with zero attached hydrogens (tertiary/aromatic N) is 2. The monoisotopic (exact) mass is 370 g/mol. The average molecular weight is 370 g/mol. The van der Waals surface area contributed by atoms with E-state index in [-0.39, 0.29) is 6.61 Å². The van der Waals surface area contributed by atoms with Crippen LogP contribution in [0, 0.1) is 0 Å². The maximum absolute atomic E-state index is 11.9. The van der Waals surface area contributed by atoms with Crippen LogP contribution in [0.25, 0.3) is 38.7 Å². The Labute approximate surface area is 161 Å². The van der Waals surface area contributed by atoms with Crippen molar-refractivity contribution in [3.63, 3.8) is 0 Å². The van der Waals surface area contributed by atoms with Crippen LogP contribution >= 0.6 is 0 Å². The summed E-state index contributed by atoms with van der Waals surface area (Å²) < 4.78 is 11.2. The van der Waals surface area contributed by atoms with Crippen molar-refractivity contribution < 1.29 is 14.3 Å².